The third-order valence-electron chi connectivity index (χ3n) is 4.08. The van der Waals surface area contributed by atoms with Crippen LogP contribution in [0.15, 0.2) is 24.3 Å². The summed E-state index contributed by atoms with van der Waals surface area (Å²) in [6, 6.07) is 8.46. The third-order valence-corrected chi connectivity index (χ3v) is 4.08. The molecule has 0 amide bonds. The smallest absolute Gasteiger partial charge is 0.161 e. The van der Waals surface area contributed by atoms with Gasteiger partial charge in [-0.15, -0.1) is 0 Å². The molecule has 1 aliphatic rings. The second-order valence-electron chi connectivity index (χ2n) is 5.52. The predicted molar refractivity (Wildman–Crippen MR) is 82.5 cm³/mol. The van der Waals surface area contributed by atoms with Crippen LogP contribution in [0.25, 0.3) is 0 Å². The topological polar surface area (TPSA) is 30.5 Å². The molecule has 3 heteroatoms. The molecule has 1 aliphatic carbocycles. The van der Waals surface area contributed by atoms with Crippen molar-refractivity contribution in [2.45, 2.75) is 45.6 Å². The van der Waals surface area contributed by atoms with E-state index in [0.717, 1.165) is 24.0 Å². The molecule has 1 fully saturated rings. The fourth-order valence-electron chi connectivity index (χ4n) is 2.92. The molecule has 1 aromatic carbocycles. The maximum absolute atomic E-state index is 5.82. The number of hydrogen-bond donors (Lipinski definition) is 1. The highest BCUT2D eigenvalue weighted by atomic mass is 16.5. The van der Waals surface area contributed by atoms with Gasteiger partial charge >= 0.3 is 0 Å². The molecule has 0 spiro atoms. The van der Waals surface area contributed by atoms with E-state index in [1.807, 2.05) is 31.2 Å². The zero-order valence-electron chi connectivity index (χ0n) is 12.7. The zero-order chi connectivity index (χ0) is 14.2. The Balaban J connectivity index is 1.70. The first-order valence-electron chi connectivity index (χ1n) is 7.89. The average molecular weight is 277 g/mol. The van der Waals surface area contributed by atoms with E-state index in [2.05, 4.69) is 12.2 Å². The van der Waals surface area contributed by atoms with E-state index in [0.29, 0.717) is 19.3 Å². The quantitative estimate of drug-likeness (QED) is 0.736. The molecule has 0 unspecified atom stereocenters. The lowest BCUT2D eigenvalue weighted by atomic mass is 10.00. The minimum atomic E-state index is 0.600. The fraction of sp³-hybridized carbons (Fsp3) is 0.647. The fourth-order valence-corrected chi connectivity index (χ4v) is 2.92. The number of nitrogens with one attached hydrogen (secondary N) is 1. The van der Waals surface area contributed by atoms with Crippen molar-refractivity contribution < 1.29 is 9.47 Å². The van der Waals surface area contributed by atoms with Crippen molar-refractivity contribution >= 4 is 0 Å². The van der Waals surface area contributed by atoms with Gasteiger partial charge < -0.3 is 14.8 Å². The SMILES string of the molecule is CCOc1ccccc1OCCN[C@@H](C)C1CCCC1. The van der Waals surface area contributed by atoms with Gasteiger partial charge in [0, 0.05) is 12.6 Å². The van der Waals surface area contributed by atoms with Gasteiger partial charge in [0.1, 0.15) is 6.61 Å². The molecule has 0 saturated heterocycles. The molecule has 1 atom stereocenters. The number of para-hydroxylation sites is 2. The Bertz CT molecular complexity index is 388. The lowest BCUT2D eigenvalue weighted by molar-refractivity contribution is 0.265. The molecular weight excluding hydrogens is 250 g/mol. The first-order valence-corrected chi connectivity index (χ1v) is 7.89. The van der Waals surface area contributed by atoms with Gasteiger partial charge in [-0.2, -0.15) is 0 Å². The van der Waals surface area contributed by atoms with Gasteiger partial charge in [0.05, 0.1) is 6.61 Å². The maximum atomic E-state index is 5.82. The Morgan fingerprint density at radius 2 is 1.80 bits per heavy atom. The highest BCUT2D eigenvalue weighted by Gasteiger charge is 2.20. The van der Waals surface area contributed by atoms with Crippen molar-refractivity contribution in [3.05, 3.63) is 24.3 Å². The summed E-state index contributed by atoms with van der Waals surface area (Å²) in [4.78, 5) is 0. The molecule has 3 nitrogen and oxygen atoms in total. The molecule has 2 rings (SSSR count). The molecule has 0 heterocycles. The Morgan fingerprint density at radius 1 is 1.15 bits per heavy atom. The summed E-state index contributed by atoms with van der Waals surface area (Å²) in [5.74, 6) is 2.52. The summed E-state index contributed by atoms with van der Waals surface area (Å²) in [6.07, 6.45) is 5.55. The second-order valence-corrected chi connectivity index (χ2v) is 5.52. The summed E-state index contributed by atoms with van der Waals surface area (Å²) >= 11 is 0. The van der Waals surface area contributed by atoms with Gasteiger partial charge in [-0.25, -0.2) is 0 Å². The van der Waals surface area contributed by atoms with Crippen LogP contribution in [-0.4, -0.2) is 25.8 Å². The zero-order valence-corrected chi connectivity index (χ0v) is 12.7. The number of hydrogen-bond acceptors (Lipinski definition) is 3. The normalized spacial score (nSPS) is 17.1. The van der Waals surface area contributed by atoms with E-state index in [4.69, 9.17) is 9.47 Å². The third kappa shape index (κ3) is 4.41. The largest absolute Gasteiger partial charge is 0.490 e. The molecule has 0 bridgehead atoms. The van der Waals surface area contributed by atoms with E-state index in [9.17, 15) is 0 Å². The van der Waals surface area contributed by atoms with E-state index in [1.54, 1.807) is 0 Å². The van der Waals surface area contributed by atoms with Crippen LogP contribution in [0.5, 0.6) is 11.5 Å². The Morgan fingerprint density at radius 3 is 2.45 bits per heavy atom. The lowest BCUT2D eigenvalue weighted by Crippen LogP contribution is -2.35. The minimum Gasteiger partial charge on any atom is -0.490 e. The highest BCUT2D eigenvalue weighted by molar-refractivity contribution is 5.39. The first-order chi connectivity index (χ1) is 9.81. The molecular formula is C17H27NO2. The van der Waals surface area contributed by atoms with Gasteiger partial charge in [-0.3, -0.25) is 0 Å². The standard InChI is InChI=1S/C17H27NO2/c1-3-19-16-10-6-7-11-17(16)20-13-12-18-14(2)15-8-4-5-9-15/h6-7,10-11,14-15,18H,3-5,8-9,12-13H2,1-2H3/t14-/m0/s1. The van der Waals surface area contributed by atoms with Crippen LogP contribution in [0.4, 0.5) is 0 Å². The van der Waals surface area contributed by atoms with Crippen LogP contribution < -0.4 is 14.8 Å². The molecule has 0 aromatic heterocycles. The van der Waals surface area contributed by atoms with E-state index < -0.39 is 0 Å². The van der Waals surface area contributed by atoms with Crippen molar-refractivity contribution in [1.82, 2.24) is 5.32 Å². The van der Waals surface area contributed by atoms with Crippen LogP contribution in [0.2, 0.25) is 0 Å². The first kappa shape index (κ1) is 15.2. The second kappa shape index (κ2) is 8.15. The summed E-state index contributed by atoms with van der Waals surface area (Å²) < 4.78 is 11.4. The monoisotopic (exact) mass is 277 g/mol. The van der Waals surface area contributed by atoms with E-state index in [1.165, 1.54) is 25.7 Å². The van der Waals surface area contributed by atoms with Crippen LogP contribution in [-0.2, 0) is 0 Å². The van der Waals surface area contributed by atoms with Crippen molar-refractivity contribution in [1.29, 1.82) is 0 Å². The Kier molecular flexibility index (Phi) is 6.19. The lowest BCUT2D eigenvalue weighted by Gasteiger charge is -2.20. The Hall–Kier alpha value is -1.22. The molecule has 1 saturated carbocycles. The van der Waals surface area contributed by atoms with Crippen molar-refractivity contribution in [2.24, 2.45) is 5.92 Å². The Labute approximate surface area is 122 Å². The predicted octanol–water partition coefficient (Wildman–Crippen LogP) is 3.63. The van der Waals surface area contributed by atoms with Gasteiger partial charge in [0.2, 0.25) is 0 Å². The van der Waals surface area contributed by atoms with Crippen molar-refractivity contribution in [3.8, 4) is 11.5 Å². The summed E-state index contributed by atoms with van der Waals surface area (Å²) in [5, 5.41) is 3.58. The van der Waals surface area contributed by atoms with Crippen LogP contribution in [0, 0.1) is 5.92 Å². The molecule has 0 aliphatic heterocycles. The summed E-state index contributed by atoms with van der Waals surface area (Å²) in [6.45, 7) is 6.52. The van der Waals surface area contributed by atoms with Gasteiger partial charge in [-0.05, 0) is 44.7 Å². The van der Waals surface area contributed by atoms with E-state index >= 15 is 0 Å². The summed E-state index contributed by atoms with van der Waals surface area (Å²) in [5.41, 5.74) is 0. The van der Waals surface area contributed by atoms with Gasteiger partial charge in [0.15, 0.2) is 11.5 Å². The molecule has 112 valence electrons. The molecule has 20 heavy (non-hydrogen) atoms. The average Bonchev–Trinajstić information content (AvgIpc) is 2.99. The van der Waals surface area contributed by atoms with Crippen molar-refractivity contribution in [2.75, 3.05) is 19.8 Å². The minimum absolute atomic E-state index is 0.600. The number of ether oxygens (including phenoxy) is 2. The van der Waals surface area contributed by atoms with Gasteiger partial charge in [-0.1, -0.05) is 25.0 Å². The maximum Gasteiger partial charge on any atom is 0.161 e. The molecule has 0 radical (unpaired) electrons. The van der Waals surface area contributed by atoms with Crippen LogP contribution in [0.3, 0.4) is 0 Å². The van der Waals surface area contributed by atoms with Crippen LogP contribution in [0.1, 0.15) is 39.5 Å². The number of benzene rings is 1. The molecule has 1 N–H and O–H groups in total. The van der Waals surface area contributed by atoms with E-state index in [-0.39, 0.29) is 0 Å². The highest BCUT2D eigenvalue weighted by Crippen LogP contribution is 2.28. The summed E-state index contributed by atoms with van der Waals surface area (Å²) in [7, 11) is 0. The number of rotatable bonds is 8. The van der Waals surface area contributed by atoms with Gasteiger partial charge in [0.25, 0.3) is 0 Å². The van der Waals surface area contributed by atoms with Crippen molar-refractivity contribution in [3.63, 3.8) is 0 Å². The van der Waals surface area contributed by atoms with Crippen LogP contribution >= 0.6 is 0 Å². The molecule has 1 aromatic rings.